The molecule has 2 aromatic rings. The second-order valence-electron chi connectivity index (χ2n) is 6.27. The van der Waals surface area contributed by atoms with E-state index in [0.717, 1.165) is 31.7 Å². The molecule has 0 spiro atoms. The summed E-state index contributed by atoms with van der Waals surface area (Å²) >= 11 is 1.84. The van der Waals surface area contributed by atoms with Crippen LogP contribution in [0, 0.1) is 0 Å². The minimum atomic E-state index is -0.0679. The molecule has 3 rings (SSSR count). The SMILES string of the molecule is CCc1ccsc1CNCc1cccc2c1OC(C)(C)C2. The molecule has 1 N–H and O–H groups in total. The predicted octanol–water partition coefficient (Wildman–Crippen LogP) is 4.31. The Hall–Kier alpha value is -1.32. The van der Waals surface area contributed by atoms with Crippen LogP contribution >= 0.6 is 11.3 Å². The fraction of sp³-hybridized carbons (Fsp3) is 0.444. The number of benzene rings is 1. The van der Waals surface area contributed by atoms with Gasteiger partial charge >= 0.3 is 0 Å². The molecule has 0 saturated carbocycles. The lowest BCUT2D eigenvalue weighted by Gasteiger charge is -2.18. The van der Waals surface area contributed by atoms with Crippen LogP contribution in [0.2, 0.25) is 0 Å². The van der Waals surface area contributed by atoms with Crippen LogP contribution in [0.3, 0.4) is 0 Å². The summed E-state index contributed by atoms with van der Waals surface area (Å²) in [6.07, 6.45) is 2.11. The monoisotopic (exact) mass is 301 g/mol. The Morgan fingerprint density at radius 1 is 1.19 bits per heavy atom. The molecule has 0 aliphatic carbocycles. The van der Waals surface area contributed by atoms with Crippen LogP contribution in [0.4, 0.5) is 0 Å². The largest absolute Gasteiger partial charge is 0.487 e. The second kappa shape index (κ2) is 5.82. The van der Waals surface area contributed by atoms with Gasteiger partial charge in [0.05, 0.1) is 0 Å². The highest BCUT2D eigenvalue weighted by molar-refractivity contribution is 7.10. The van der Waals surface area contributed by atoms with Crippen molar-refractivity contribution in [3.05, 3.63) is 51.2 Å². The molecule has 2 heterocycles. The summed E-state index contributed by atoms with van der Waals surface area (Å²) in [6, 6.07) is 8.72. The van der Waals surface area contributed by atoms with Gasteiger partial charge in [-0.05, 0) is 42.8 Å². The lowest BCUT2D eigenvalue weighted by atomic mass is 10.0. The van der Waals surface area contributed by atoms with E-state index in [4.69, 9.17) is 4.74 Å². The first kappa shape index (κ1) is 14.6. The predicted molar refractivity (Wildman–Crippen MR) is 89.1 cm³/mol. The molecule has 21 heavy (non-hydrogen) atoms. The Labute approximate surface area is 131 Å². The van der Waals surface area contributed by atoms with Gasteiger partial charge in [0.1, 0.15) is 11.4 Å². The average molecular weight is 301 g/mol. The average Bonchev–Trinajstić information content (AvgIpc) is 3.01. The first-order chi connectivity index (χ1) is 10.1. The highest BCUT2D eigenvalue weighted by Crippen LogP contribution is 2.37. The van der Waals surface area contributed by atoms with Gasteiger partial charge in [-0.3, -0.25) is 0 Å². The van der Waals surface area contributed by atoms with Crippen molar-refractivity contribution in [2.45, 2.75) is 52.3 Å². The number of thiophene rings is 1. The van der Waals surface area contributed by atoms with Gasteiger partial charge in [-0.2, -0.15) is 0 Å². The minimum Gasteiger partial charge on any atom is -0.487 e. The van der Waals surface area contributed by atoms with Crippen molar-refractivity contribution >= 4 is 11.3 Å². The molecule has 112 valence electrons. The summed E-state index contributed by atoms with van der Waals surface area (Å²) in [4.78, 5) is 1.45. The van der Waals surface area contributed by atoms with Crippen molar-refractivity contribution in [3.8, 4) is 5.75 Å². The Morgan fingerprint density at radius 2 is 2.05 bits per heavy atom. The van der Waals surface area contributed by atoms with Gasteiger partial charge < -0.3 is 10.1 Å². The number of hydrogen-bond donors (Lipinski definition) is 1. The second-order valence-corrected chi connectivity index (χ2v) is 7.27. The van der Waals surface area contributed by atoms with Crippen molar-refractivity contribution in [1.29, 1.82) is 0 Å². The van der Waals surface area contributed by atoms with Crippen molar-refractivity contribution in [2.24, 2.45) is 0 Å². The molecule has 1 aromatic heterocycles. The number of ether oxygens (including phenoxy) is 1. The van der Waals surface area contributed by atoms with E-state index < -0.39 is 0 Å². The topological polar surface area (TPSA) is 21.3 Å². The van der Waals surface area contributed by atoms with E-state index >= 15 is 0 Å². The maximum Gasteiger partial charge on any atom is 0.127 e. The third kappa shape index (κ3) is 3.14. The van der Waals surface area contributed by atoms with E-state index in [-0.39, 0.29) is 5.60 Å². The Bertz CT molecular complexity index is 630. The van der Waals surface area contributed by atoms with Crippen LogP contribution in [0.1, 0.15) is 42.3 Å². The molecule has 0 saturated heterocycles. The molecule has 1 aliphatic heterocycles. The van der Waals surface area contributed by atoms with E-state index in [1.54, 1.807) is 0 Å². The molecule has 3 heteroatoms. The van der Waals surface area contributed by atoms with Gasteiger partial charge in [0.2, 0.25) is 0 Å². The van der Waals surface area contributed by atoms with Crippen LogP contribution < -0.4 is 10.1 Å². The maximum absolute atomic E-state index is 6.12. The summed E-state index contributed by atoms with van der Waals surface area (Å²) in [5, 5.41) is 5.75. The number of para-hydroxylation sites is 1. The van der Waals surface area contributed by atoms with Crippen molar-refractivity contribution < 1.29 is 4.74 Å². The van der Waals surface area contributed by atoms with Crippen LogP contribution in [-0.4, -0.2) is 5.60 Å². The molecule has 0 atom stereocenters. The Kier molecular flexibility index (Phi) is 4.05. The van der Waals surface area contributed by atoms with Gasteiger partial charge in [-0.25, -0.2) is 0 Å². The lowest BCUT2D eigenvalue weighted by Crippen LogP contribution is -2.25. The summed E-state index contributed by atoms with van der Waals surface area (Å²) in [6.45, 7) is 8.33. The first-order valence-electron chi connectivity index (χ1n) is 7.65. The van der Waals surface area contributed by atoms with Gasteiger partial charge in [0.25, 0.3) is 0 Å². The molecule has 0 radical (unpaired) electrons. The van der Waals surface area contributed by atoms with E-state index in [9.17, 15) is 0 Å². The zero-order valence-corrected chi connectivity index (χ0v) is 13.8. The van der Waals surface area contributed by atoms with Crippen molar-refractivity contribution in [2.75, 3.05) is 0 Å². The maximum atomic E-state index is 6.12. The molecule has 1 aliphatic rings. The van der Waals surface area contributed by atoms with Crippen LogP contribution in [-0.2, 0) is 25.9 Å². The zero-order valence-electron chi connectivity index (χ0n) is 13.0. The minimum absolute atomic E-state index is 0.0679. The third-order valence-electron chi connectivity index (χ3n) is 3.99. The molecule has 0 fully saturated rings. The van der Waals surface area contributed by atoms with E-state index in [1.807, 2.05) is 11.3 Å². The Morgan fingerprint density at radius 3 is 2.86 bits per heavy atom. The smallest absolute Gasteiger partial charge is 0.127 e. The summed E-state index contributed by atoms with van der Waals surface area (Å²) in [7, 11) is 0. The number of aryl methyl sites for hydroxylation is 1. The molecule has 2 nitrogen and oxygen atoms in total. The molecule has 1 aromatic carbocycles. The molecule has 0 unspecified atom stereocenters. The number of rotatable bonds is 5. The lowest BCUT2D eigenvalue weighted by molar-refractivity contribution is 0.137. The highest BCUT2D eigenvalue weighted by atomic mass is 32.1. The van der Waals surface area contributed by atoms with Crippen LogP contribution in [0.25, 0.3) is 0 Å². The molecular weight excluding hydrogens is 278 g/mol. The van der Waals surface area contributed by atoms with E-state index in [2.05, 4.69) is 55.7 Å². The highest BCUT2D eigenvalue weighted by Gasteiger charge is 2.31. The van der Waals surface area contributed by atoms with E-state index in [0.29, 0.717) is 0 Å². The quantitative estimate of drug-likeness (QED) is 0.888. The molecule has 0 amide bonds. The van der Waals surface area contributed by atoms with Crippen molar-refractivity contribution in [1.82, 2.24) is 5.32 Å². The van der Waals surface area contributed by atoms with Crippen LogP contribution in [0.5, 0.6) is 5.75 Å². The van der Waals surface area contributed by atoms with Gasteiger partial charge in [-0.1, -0.05) is 25.1 Å². The fourth-order valence-corrected chi connectivity index (χ4v) is 3.91. The van der Waals surface area contributed by atoms with Gasteiger partial charge in [0.15, 0.2) is 0 Å². The number of nitrogens with one attached hydrogen (secondary N) is 1. The number of hydrogen-bond acceptors (Lipinski definition) is 3. The zero-order chi connectivity index (χ0) is 14.9. The van der Waals surface area contributed by atoms with Crippen LogP contribution in [0.15, 0.2) is 29.6 Å². The summed E-state index contributed by atoms with van der Waals surface area (Å²) in [5.74, 6) is 1.09. The first-order valence-corrected chi connectivity index (χ1v) is 8.53. The van der Waals surface area contributed by atoms with Gasteiger partial charge in [-0.15, -0.1) is 11.3 Å². The fourth-order valence-electron chi connectivity index (χ4n) is 2.97. The third-order valence-corrected chi connectivity index (χ3v) is 4.96. The standard InChI is InChI=1S/C18H23NOS/c1-4-13-8-9-21-16(13)12-19-11-15-7-5-6-14-10-18(2,3)20-17(14)15/h5-9,19H,4,10-12H2,1-3H3. The summed E-state index contributed by atoms with van der Waals surface area (Å²) in [5.41, 5.74) is 4.00. The van der Waals surface area contributed by atoms with Gasteiger partial charge in [0, 0.05) is 30.0 Å². The summed E-state index contributed by atoms with van der Waals surface area (Å²) < 4.78 is 6.12. The molecular formula is C18H23NOS. The normalized spacial score (nSPS) is 15.8. The number of fused-ring (bicyclic) bond motifs is 1. The molecule has 0 bridgehead atoms. The van der Waals surface area contributed by atoms with E-state index in [1.165, 1.54) is 21.6 Å². The Balaban J connectivity index is 1.66. The van der Waals surface area contributed by atoms with Crippen molar-refractivity contribution in [3.63, 3.8) is 0 Å².